The molecule has 5 rings (SSSR count). The summed E-state index contributed by atoms with van der Waals surface area (Å²) in [6.07, 6.45) is 0. The van der Waals surface area contributed by atoms with Crippen LogP contribution < -0.4 is 0 Å². The highest BCUT2D eigenvalue weighted by Crippen LogP contribution is 2.38. The predicted molar refractivity (Wildman–Crippen MR) is 104 cm³/mol. The van der Waals surface area contributed by atoms with Crippen molar-refractivity contribution in [1.29, 1.82) is 0 Å². The zero-order valence-corrected chi connectivity index (χ0v) is 14.4. The number of rotatable bonds is 2. The number of ether oxygens (including phenoxy) is 1. The Morgan fingerprint density at radius 2 is 1.41 bits per heavy atom. The molecule has 0 saturated carbocycles. The highest BCUT2D eigenvalue weighted by atomic mass is 19.1. The SMILES string of the molecule is Fc1ccc(F)c(-c2cc3ccccc3c3ccccc23)c1C1=NCCO1. The Bertz CT molecular complexity index is 1230. The number of hydrogen-bond donors (Lipinski definition) is 0. The van der Waals surface area contributed by atoms with Gasteiger partial charge in [0.05, 0.1) is 12.1 Å². The van der Waals surface area contributed by atoms with E-state index in [-0.39, 0.29) is 17.0 Å². The van der Waals surface area contributed by atoms with E-state index < -0.39 is 11.6 Å². The average molecular weight is 359 g/mol. The van der Waals surface area contributed by atoms with Crippen LogP contribution >= 0.6 is 0 Å². The first-order chi connectivity index (χ1) is 13.2. The molecule has 4 aromatic rings. The molecule has 1 heterocycles. The van der Waals surface area contributed by atoms with Crippen LogP contribution in [0.1, 0.15) is 5.56 Å². The second-order valence-electron chi connectivity index (χ2n) is 6.51. The molecular formula is C23H15F2NO. The molecule has 0 aromatic heterocycles. The Hall–Kier alpha value is -3.27. The van der Waals surface area contributed by atoms with Crippen molar-refractivity contribution >= 4 is 27.4 Å². The van der Waals surface area contributed by atoms with Crippen molar-refractivity contribution in [2.45, 2.75) is 0 Å². The molecule has 0 aliphatic carbocycles. The topological polar surface area (TPSA) is 21.6 Å². The number of hydrogen-bond acceptors (Lipinski definition) is 2. The van der Waals surface area contributed by atoms with Crippen molar-refractivity contribution in [3.05, 3.63) is 83.9 Å². The summed E-state index contributed by atoms with van der Waals surface area (Å²) in [5.74, 6) is -0.867. The highest BCUT2D eigenvalue weighted by Gasteiger charge is 2.25. The minimum atomic E-state index is -0.538. The van der Waals surface area contributed by atoms with E-state index in [9.17, 15) is 4.39 Å². The zero-order chi connectivity index (χ0) is 18.4. The molecule has 0 atom stereocenters. The molecule has 0 amide bonds. The van der Waals surface area contributed by atoms with Gasteiger partial charge in [0, 0.05) is 5.56 Å². The van der Waals surface area contributed by atoms with Gasteiger partial charge in [-0.25, -0.2) is 13.8 Å². The number of nitrogens with zero attached hydrogens (tertiary/aromatic N) is 1. The van der Waals surface area contributed by atoms with E-state index in [2.05, 4.69) is 4.99 Å². The van der Waals surface area contributed by atoms with Gasteiger partial charge >= 0.3 is 0 Å². The summed E-state index contributed by atoms with van der Waals surface area (Å²) in [4.78, 5) is 4.22. The molecule has 0 unspecified atom stereocenters. The number of halogens is 2. The number of fused-ring (bicyclic) bond motifs is 3. The summed E-state index contributed by atoms with van der Waals surface area (Å²) >= 11 is 0. The van der Waals surface area contributed by atoms with Crippen molar-refractivity contribution in [3.63, 3.8) is 0 Å². The molecule has 0 radical (unpaired) electrons. The maximum atomic E-state index is 15.0. The monoisotopic (exact) mass is 359 g/mol. The van der Waals surface area contributed by atoms with E-state index in [0.29, 0.717) is 18.7 Å². The lowest BCUT2D eigenvalue weighted by Gasteiger charge is -2.16. The van der Waals surface area contributed by atoms with Crippen molar-refractivity contribution in [2.24, 2.45) is 4.99 Å². The smallest absolute Gasteiger partial charge is 0.220 e. The minimum absolute atomic E-state index is 0.0907. The third-order valence-electron chi connectivity index (χ3n) is 4.94. The molecule has 0 N–H and O–H groups in total. The van der Waals surface area contributed by atoms with E-state index >= 15 is 4.39 Å². The van der Waals surface area contributed by atoms with Gasteiger partial charge in [-0.05, 0) is 45.3 Å². The lowest BCUT2D eigenvalue weighted by Crippen LogP contribution is -2.08. The molecule has 2 nitrogen and oxygen atoms in total. The quantitative estimate of drug-likeness (QED) is 0.420. The molecule has 0 fully saturated rings. The van der Waals surface area contributed by atoms with E-state index in [4.69, 9.17) is 4.74 Å². The maximum absolute atomic E-state index is 15.0. The van der Waals surface area contributed by atoms with E-state index in [0.717, 1.165) is 33.7 Å². The molecule has 27 heavy (non-hydrogen) atoms. The fourth-order valence-electron chi connectivity index (χ4n) is 3.77. The van der Waals surface area contributed by atoms with Crippen LogP contribution in [0.4, 0.5) is 8.78 Å². The van der Waals surface area contributed by atoms with Gasteiger partial charge in [-0.3, -0.25) is 0 Å². The fourth-order valence-corrected chi connectivity index (χ4v) is 3.77. The number of benzene rings is 4. The van der Waals surface area contributed by atoms with Gasteiger partial charge in [-0.2, -0.15) is 0 Å². The molecular weight excluding hydrogens is 344 g/mol. The Labute approximate surface area is 154 Å². The molecule has 0 spiro atoms. The first-order valence-electron chi connectivity index (χ1n) is 8.80. The second-order valence-corrected chi connectivity index (χ2v) is 6.51. The number of aliphatic imine (C=N–C) groups is 1. The standard InChI is InChI=1S/C23H15F2NO/c24-19-9-10-20(25)22(23-26-11-12-27-23)21(19)18-13-14-5-1-2-6-15(14)16-7-3-4-8-17(16)18/h1-10,13H,11-12H2. The van der Waals surface area contributed by atoms with Crippen LogP contribution in [0.2, 0.25) is 0 Å². The first-order valence-corrected chi connectivity index (χ1v) is 8.80. The van der Waals surface area contributed by atoms with Crippen molar-refractivity contribution < 1.29 is 13.5 Å². The molecule has 0 saturated heterocycles. The largest absolute Gasteiger partial charge is 0.475 e. The summed E-state index contributed by atoms with van der Waals surface area (Å²) in [7, 11) is 0. The summed E-state index contributed by atoms with van der Waals surface area (Å²) in [5, 5.41) is 3.90. The van der Waals surface area contributed by atoms with Crippen molar-refractivity contribution in [3.8, 4) is 11.1 Å². The Morgan fingerprint density at radius 3 is 2.15 bits per heavy atom. The lowest BCUT2D eigenvalue weighted by atomic mass is 9.90. The molecule has 132 valence electrons. The van der Waals surface area contributed by atoms with Crippen LogP contribution in [0.5, 0.6) is 0 Å². The van der Waals surface area contributed by atoms with Gasteiger partial charge in [-0.15, -0.1) is 0 Å². The molecule has 1 aliphatic heterocycles. The van der Waals surface area contributed by atoms with E-state index in [1.54, 1.807) is 0 Å². The van der Waals surface area contributed by atoms with Gasteiger partial charge in [0.2, 0.25) is 5.90 Å². The molecule has 4 aromatic carbocycles. The third kappa shape index (κ3) is 2.48. The summed E-state index contributed by atoms with van der Waals surface area (Å²) in [5.41, 5.74) is 0.917. The average Bonchev–Trinajstić information content (AvgIpc) is 3.23. The van der Waals surface area contributed by atoms with Crippen LogP contribution in [0, 0.1) is 11.6 Å². The highest BCUT2D eigenvalue weighted by molar-refractivity contribution is 6.15. The summed E-state index contributed by atoms with van der Waals surface area (Å²) in [6.45, 7) is 0.826. The molecule has 1 aliphatic rings. The Balaban J connectivity index is 1.93. The Morgan fingerprint density at radius 1 is 0.741 bits per heavy atom. The van der Waals surface area contributed by atoms with Crippen LogP contribution in [0.15, 0.2) is 71.7 Å². The predicted octanol–water partition coefficient (Wildman–Crippen LogP) is 5.72. The normalized spacial score (nSPS) is 13.8. The molecule has 0 bridgehead atoms. The second kappa shape index (κ2) is 6.16. The van der Waals surface area contributed by atoms with E-state index in [1.165, 1.54) is 0 Å². The minimum Gasteiger partial charge on any atom is -0.475 e. The Kier molecular flexibility index (Phi) is 3.64. The van der Waals surface area contributed by atoms with E-state index in [1.807, 2.05) is 54.6 Å². The maximum Gasteiger partial charge on any atom is 0.220 e. The van der Waals surface area contributed by atoms with Crippen LogP contribution in [-0.4, -0.2) is 19.0 Å². The van der Waals surface area contributed by atoms with Crippen molar-refractivity contribution in [2.75, 3.05) is 13.2 Å². The van der Waals surface area contributed by atoms with Gasteiger partial charge < -0.3 is 4.74 Å². The third-order valence-corrected chi connectivity index (χ3v) is 4.94. The summed E-state index contributed by atoms with van der Waals surface area (Å²) in [6, 6.07) is 19.9. The van der Waals surface area contributed by atoms with Gasteiger partial charge in [0.15, 0.2) is 0 Å². The van der Waals surface area contributed by atoms with Crippen LogP contribution in [0.3, 0.4) is 0 Å². The first kappa shape index (κ1) is 15.9. The lowest BCUT2D eigenvalue weighted by molar-refractivity contribution is 0.347. The summed E-state index contributed by atoms with van der Waals surface area (Å²) < 4.78 is 35.3. The van der Waals surface area contributed by atoms with Crippen LogP contribution in [0.25, 0.3) is 32.7 Å². The van der Waals surface area contributed by atoms with Crippen LogP contribution in [-0.2, 0) is 4.74 Å². The van der Waals surface area contributed by atoms with Crippen molar-refractivity contribution in [1.82, 2.24) is 0 Å². The zero-order valence-electron chi connectivity index (χ0n) is 14.4. The van der Waals surface area contributed by atoms with Gasteiger partial charge in [-0.1, -0.05) is 48.5 Å². The van der Waals surface area contributed by atoms with Gasteiger partial charge in [0.1, 0.15) is 18.2 Å². The fraction of sp³-hybridized carbons (Fsp3) is 0.0870. The van der Waals surface area contributed by atoms with Gasteiger partial charge in [0.25, 0.3) is 0 Å². The molecule has 4 heteroatoms.